The highest BCUT2D eigenvalue weighted by molar-refractivity contribution is 8.93. The van der Waals surface area contributed by atoms with Gasteiger partial charge in [-0.2, -0.15) is 0 Å². The van der Waals surface area contributed by atoms with E-state index in [1.807, 2.05) is 47.7 Å². The lowest BCUT2D eigenvalue weighted by atomic mass is 10.1. The molecule has 1 aliphatic heterocycles. The van der Waals surface area contributed by atoms with Crippen LogP contribution < -0.4 is 0 Å². The van der Waals surface area contributed by atoms with Crippen molar-refractivity contribution in [3.63, 3.8) is 0 Å². The monoisotopic (exact) mass is 489 g/mol. The van der Waals surface area contributed by atoms with Gasteiger partial charge in [0.15, 0.2) is 0 Å². The molecule has 0 saturated carbocycles. The van der Waals surface area contributed by atoms with Crippen LogP contribution in [0.1, 0.15) is 16.5 Å². The zero-order valence-electron chi connectivity index (χ0n) is 15.1. The summed E-state index contributed by atoms with van der Waals surface area (Å²) in [6.45, 7) is 0. The Morgan fingerprint density at radius 1 is 1.15 bits per heavy atom. The van der Waals surface area contributed by atoms with E-state index in [2.05, 4.69) is 0 Å². The molecule has 0 fully saturated rings. The Bertz CT molecular complexity index is 995. The molecule has 2 aromatic rings. The molecule has 9 heteroatoms. The maximum Gasteiger partial charge on any atom is 0.244 e. The molecular weight excluding hydrogens is 470 g/mol. The first-order valence-electron chi connectivity index (χ1n) is 7.88. The van der Waals surface area contributed by atoms with Crippen LogP contribution in [0.25, 0.3) is 5.70 Å². The van der Waals surface area contributed by atoms with E-state index in [1.54, 1.807) is 18.2 Å². The Morgan fingerprint density at radius 3 is 2.37 bits per heavy atom. The molecule has 2 aromatic carbocycles. The number of benzene rings is 2. The van der Waals surface area contributed by atoms with Crippen molar-refractivity contribution >= 4 is 55.0 Å². The van der Waals surface area contributed by atoms with Crippen molar-refractivity contribution in [3.8, 4) is 0 Å². The van der Waals surface area contributed by atoms with Gasteiger partial charge in [0.1, 0.15) is 10.3 Å². The minimum absolute atomic E-state index is 0. The Hall–Kier alpha value is -1.19. The molecule has 1 N–H and O–H groups in total. The van der Waals surface area contributed by atoms with Crippen LogP contribution in [-0.2, 0) is 20.7 Å². The number of hydrogen-bond donors (Lipinski definition) is 1. The second kappa shape index (κ2) is 8.45. The number of rotatable bonds is 4. The first-order chi connectivity index (χ1) is 12.2. The molecule has 146 valence electrons. The zero-order valence-corrected chi connectivity index (χ0v) is 19.2. The van der Waals surface area contributed by atoms with Crippen molar-refractivity contribution < 1.29 is 8.42 Å². The smallest absolute Gasteiger partial charge is 0.244 e. The predicted molar refractivity (Wildman–Crippen MR) is 118 cm³/mol. The summed E-state index contributed by atoms with van der Waals surface area (Å²) in [6.07, 6.45) is 0. The van der Waals surface area contributed by atoms with E-state index in [-0.39, 0.29) is 32.3 Å². The molecule has 3 rings (SSSR count). The lowest BCUT2D eigenvalue weighted by molar-refractivity contribution is 0.468. The molecule has 0 radical (unpaired) electrons. The Morgan fingerprint density at radius 2 is 1.78 bits per heavy atom. The van der Waals surface area contributed by atoms with Gasteiger partial charge in [0.2, 0.25) is 10.0 Å². The molecule has 5 nitrogen and oxygen atoms in total. The summed E-state index contributed by atoms with van der Waals surface area (Å²) in [5.41, 5.74) is 2.64. The quantitative estimate of drug-likeness (QED) is 0.687. The number of hydrogen-bond acceptors (Lipinski definition) is 4. The fourth-order valence-electron chi connectivity index (χ4n) is 2.88. The lowest BCUT2D eigenvalue weighted by Crippen LogP contribution is -2.23. The molecular formula is C18H21BrClN3O2S2. The molecule has 0 aliphatic carbocycles. The molecule has 1 heterocycles. The van der Waals surface area contributed by atoms with E-state index in [0.717, 1.165) is 21.1 Å². The molecule has 0 amide bonds. The van der Waals surface area contributed by atoms with Gasteiger partial charge in [0, 0.05) is 26.6 Å². The molecule has 1 aliphatic rings. The van der Waals surface area contributed by atoms with E-state index in [4.69, 9.17) is 16.4 Å². The van der Waals surface area contributed by atoms with Crippen molar-refractivity contribution in [2.75, 3.05) is 21.1 Å². The maximum absolute atomic E-state index is 12.5. The van der Waals surface area contributed by atoms with Crippen molar-refractivity contribution in [2.45, 2.75) is 10.3 Å². The SMILES string of the molecule is Br.CN1C(c2ccc(Cl)c(S(=O)(=O)N(C)C)c2)=CS(=N)C1c1ccccc1. The molecule has 0 saturated heterocycles. The zero-order chi connectivity index (χ0) is 19.1. The Balaban J connectivity index is 0.00000261. The first-order valence-corrected chi connectivity index (χ1v) is 11.1. The van der Waals surface area contributed by atoms with Gasteiger partial charge in [0.05, 0.1) is 10.7 Å². The molecule has 2 unspecified atom stereocenters. The van der Waals surface area contributed by atoms with Gasteiger partial charge in [-0.15, -0.1) is 17.0 Å². The van der Waals surface area contributed by atoms with Gasteiger partial charge in [-0.3, -0.25) is 4.78 Å². The van der Waals surface area contributed by atoms with Gasteiger partial charge in [0.25, 0.3) is 0 Å². The predicted octanol–water partition coefficient (Wildman–Crippen LogP) is 4.49. The highest BCUT2D eigenvalue weighted by Gasteiger charge is 2.30. The molecule has 27 heavy (non-hydrogen) atoms. The summed E-state index contributed by atoms with van der Waals surface area (Å²) in [6, 6.07) is 14.9. The number of nitrogens with zero attached hydrogens (tertiary/aromatic N) is 2. The maximum atomic E-state index is 12.5. The third kappa shape index (κ3) is 4.14. The van der Waals surface area contributed by atoms with Crippen LogP contribution in [0, 0.1) is 4.78 Å². The van der Waals surface area contributed by atoms with Crippen molar-refractivity contribution in [3.05, 3.63) is 70.1 Å². The minimum Gasteiger partial charge on any atom is -0.357 e. The van der Waals surface area contributed by atoms with Crippen LogP contribution in [0.3, 0.4) is 0 Å². The molecule has 0 bridgehead atoms. The molecule has 2 atom stereocenters. The van der Waals surface area contributed by atoms with Crippen LogP contribution in [-0.4, -0.2) is 38.8 Å². The van der Waals surface area contributed by atoms with E-state index in [0.29, 0.717) is 0 Å². The van der Waals surface area contributed by atoms with Crippen molar-refractivity contribution in [1.29, 1.82) is 4.78 Å². The summed E-state index contributed by atoms with van der Waals surface area (Å²) in [5, 5.41) is 1.98. The summed E-state index contributed by atoms with van der Waals surface area (Å²) in [4.78, 5) is 2.10. The van der Waals surface area contributed by atoms with Gasteiger partial charge >= 0.3 is 0 Å². The van der Waals surface area contributed by atoms with Gasteiger partial charge < -0.3 is 4.90 Å². The average Bonchev–Trinajstić information content (AvgIpc) is 2.90. The van der Waals surface area contributed by atoms with E-state index < -0.39 is 20.7 Å². The summed E-state index contributed by atoms with van der Waals surface area (Å²) in [5.74, 6) is 0. The molecule has 0 aromatic heterocycles. The second-order valence-electron chi connectivity index (χ2n) is 6.18. The Labute approximate surface area is 178 Å². The van der Waals surface area contributed by atoms with Crippen LogP contribution in [0.15, 0.2) is 58.8 Å². The minimum atomic E-state index is -3.65. The topological polar surface area (TPSA) is 64.5 Å². The highest BCUT2D eigenvalue weighted by atomic mass is 79.9. The van der Waals surface area contributed by atoms with E-state index in [9.17, 15) is 8.42 Å². The fraction of sp³-hybridized carbons (Fsp3) is 0.222. The fourth-order valence-corrected chi connectivity index (χ4v) is 5.85. The Kier molecular flexibility index (Phi) is 6.91. The molecule has 0 spiro atoms. The van der Waals surface area contributed by atoms with Crippen LogP contribution >= 0.6 is 28.6 Å². The van der Waals surface area contributed by atoms with E-state index in [1.165, 1.54) is 14.1 Å². The summed E-state index contributed by atoms with van der Waals surface area (Å²) >= 11 is 6.15. The van der Waals surface area contributed by atoms with Crippen LogP contribution in [0.4, 0.5) is 0 Å². The van der Waals surface area contributed by atoms with Gasteiger partial charge in [-0.1, -0.05) is 58.7 Å². The van der Waals surface area contributed by atoms with Crippen LogP contribution in [0.5, 0.6) is 0 Å². The van der Waals surface area contributed by atoms with Crippen molar-refractivity contribution in [2.24, 2.45) is 0 Å². The first kappa shape index (κ1) is 22.1. The highest BCUT2D eigenvalue weighted by Crippen LogP contribution is 2.39. The normalized spacial score (nSPS) is 19.7. The van der Waals surface area contributed by atoms with Gasteiger partial charge in [-0.05, 0) is 23.3 Å². The lowest BCUT2D eigenvalue weighted by Gasteiger charge is -2.26. The van der Waals surface area contributed by atoms with Crippen LogP contribution in [0.2, 0.25) is 5.02 Å². The average molecular weight is 491 g/mol. The number of halogens is 2. The summed E-state index contributed by atoms with van der Waals surface area (Å²) in [7, 11) is 0.498. The third-order valence-electron chi connectivity index (χ3n) is 4.28. The largest absolute Gasteiger partial charge is 0.357 e. The van der Waals surface area contributed by atoms with Gasteiger partial charge in [-0.25, -0.2) is 12.7 Å². The van der Waals surface area contributed by atoms with E-state index >= 15 is 0 Å². The number of sulfonamides is 1. The van der Waals surface area contributed by atoms with Crippen molar-refractivity contribution in [1.82, 2.24) is 9.21 Å². The third-order valence-corrected chi connectivity index (χ3v) is 8.12. The second-order valence-corrected chi connectivity index (χ2v) is 10.1. The number of nitrogens with one attached hydrogen (secondary N) is 1. The standard InChI is InChI=1S/C18H20ClN3O2S2.BrH/c1-21(2)26(23,24)17-11-14(9-10-15(17)19)16-12-25(20)18(22(16)3)13-7-5-4-6-8-13;/h4-12,18,20H,1-3H3;1H. The summed E-state index contributed by atoms with van der Waals surface area (Å²) < 4.78 is 34.7.